The highest BCUT2D eigenvalue weighted by Gasteiger charge is 2.04. The number of anilines is 1. The lowest BCUT2D eigenvalue weighted by molar-refractivity contribution is 0.904. The fraction of sp³-hybridized carbons (Fsp3) is 0.250. The highest BCUT2D eigenvalue weighted by Crippen LogP contribution is 2.21. The van der Waals surface area contributed by atoms with Crippen molar-refractivity contribution in [1.82, 2.24) is 20.2 Å². The average molecular weight is 255 g/mol. The maximum absolute atomic E-state index is 11.2. The number of H-pyrrole nitrogens is 1. The molecule has 0 atom stereocenters. The van der Waals surface area contributed by atoms with Gasteiger partial charge in [-0.15, -0.1) is 10.2 Å². The van der Waals surface area contributed by atoms with E-state index in [1.807, 2.05) is 0 Å². The highest BCUT2D eigenvalue weighted by molar-refractivity contribution is 7.98. The van der Waals surface area contributed by atoms with Crippen molar-refractivity contribution in [2.75, 3.05) is 5.73 Å². The summed E-state index contributed by atoms with van der Waals surface area (Å²) in [7, 11) is 0. The molecule has 0 radical (unpaired) electrons. The second-order valence-corrected chi connectivity index (χ2v) is 5.07. The van der Waals surface area contributed by atoms with Gasteiger partial charge in [0.25, 0.3) is 5.56 Å². The Labute approximate surface area is 99.3 Å². The van der Waals surface area contributed by atoms with E-state index in [0.29, 0.717) is 21.7 Å². The second-order valence-electron chi connectivity index (χ2n) is 3.01. The maximum atomic E-state index is 11.2. The lowest BCUT2D eigenvalue weighted by atomic mass is 10.5. The summed E-state index contributed by atoms with van der Waals surface area (Å²) in [5.74, 6) is 0.598. The van der Waals surface area contributed by atoms with Crippen LogP contribution in [0.5, 0.6) is 0 Å². The molecule has 0 bridgehead atoms. The number of nitrogen functional groups attached to an aromatic ring is 1. The summed E-state index contributed by atoms with van der Waals surface area (Å²) in [5, 5.41) is 9.42. The minimum absolute atomic E-state index is 0.147. The minimum atomic E-state index is -0.147. The van der Waals surface area contributed by atoms with E-state index in [1.54, 1.807) is 6.92 Å². The number of aromatic amines is 1. The summed E-state index contributed by atoms with van der Waals surface area (Å²) < 4.78 is 0. The summed E-state index contributed by atoms with van der Waals surface area (Å²) in [4.78, 5) is 18.0. The van der Waals surface area contributed by atoms with Crippen molar-refractivity contribution < 1.29 is 0 Å². The van der Waals surface area contributed by atoms with E-state index in [4.69, 9.17) is 5.73 Å². The van der Waals surface area contributed by atoms with Gasteiger partial charge < -0.3 is 10.7 Å². The Morgan fingerprint density at radius 3 is 3.00 bits per heavy atom. The molecule has 0 unspecified atom stereocenters. The van der Waals surface area contributed by atoms with Crippen LogP contribution < -0.4 is 11.3 Å². The molecule has 0 aliphatic rings. The molecule has 2 aromatic heterocycles. The van der Waals surface area contributed by atoms with Gasteiger partial charge in [-0.25, -0.2) is 4.98 Å². The summed E-state index contributed by atoms with van der Waals surface area (Å²) in [5.41, 5.74) is 6.01. The molecule has 8 heteroatoms. The lowest BCUT2D eigenvalue weighted by Crippen LogP contribution is -2.07. The molecule has 0 aromatic carbocycles. The van der Waals surface area contributed by atoms with E-state index in [0.717, 1.165) is 5.01 Å². The number of hydrogen-bond acceptors (Lipinski definition) is 7. The standard InChI is InChI=1S/C8H9N5OS2/c1-4-2-5(14)11-8(10-4)15-3-6-12-13-7(9)16-6/h2H,3H2,1H3,(H2,9,13)(H,10,11,14). The largest absolute Gasteiger partial charge is 0.374 e. The van der Waals surface area contributed by atoms with Crippen molar-refractivity contribution in [2.24, 2.45) is 0 Å². The number of aryl methyl sites for hydroxylation is 1. The molecule has 3 N–H and O–H groups in total. The molecule has 2 aromatic rings. The Kier molecular flexibility index (Phi) is 3.20. The van der Waals surface area contributed by atoms with Gasteiger partial charge in [0.2, 0.25) is 5.13 Å². The molecule has 0 amide bonds. The molecule has 0 aliphatic carbocycles. The summed E-state index contributed by atoms with van der Waals surface area (Å²) in [6.45, 7) is 1.78. The highest BCUT2D eigenvalue weighted by atomic mass is 32.2. The zero-order valence-corrected chi connectivity index (χ0v) is 10.1. The fourth-order valence-corrected chi connectivity index (χ4v) is 2.59. The summed E-state index contributed by atoms with van der Waals surface area (Å²) >= 11 is 2.73. The Morgan fingerprint density at radius 1 is 1.56 bits per heavy atom. The third-order valence-electron chi connectivity index (χ3n) is 1.66. The monoisotopic (exact) mass is 255 g/mol. The first-order valence-electron chi connectivity index (χ1n) is 4.42. The molecule has 84 valence electrons. The van der Waals surface area contributed by atoms with Crippen LogP contribution >= 0.6 is 23.1 Å². The Hall–Kier alpha value is -1.41. The molecule has 2 heterocycles. The smallest absolute Gasteiger partial charge is 0.251 e. The normalized spacial score (nSPS) is 10.6. The van der Waals surface area contributed by atoms with Crippen LogP contribution in [-0.4, -0.2) is 20.2 Å². The molecule has 0 saturated heterocycles. The van der Waals surface area contributed by atoms with Crippen LogP contribution in [0.1, 0.15) is 10.7 Å². The Bertz CT molecular complexity index is 549. The SMILES string of the molecule is Cc1cc(=O)[nH]c(SCc2nnc(N)s2)n1. The van der Waals surface area contributed by atoms with Crippen molar-refractivity contribution in [3.05, 3.63) is 27.1 Å². The quantitative estimate of drug-likeness (QED) is 0.622. The predicted octanol–water partition coefficient (Wildman–Crippen LogP) is 0.804. The number of hydrogen-bond donors (Lipinski definition) is 2. The van der Waals surface area contributed by atoms with E-state index in [-0.39, 0.29) is 5.56 Å². The number of aromatic nitrogens is 4. The number of rotatable bonds is 3. The third kappa shape index (κ3) is 2.80. The van der Waals surface area contributed by atoms with Gasteiger partial charge in [-0.1, -0.05) is 23.1 Å². The first-order chi connectivity index (χ1) is 7.63. The zero-order valence-electron chi connectivity index (χ0n) is 8.43. The van der Waals surface area contributed by atoms with E-state index < -0.39 is 0 Å². The van der Waals surface area contributed by atoms with Crippen LogP contribution in [0.3, 0.4) is 0 Å². The van der Waals surface area contributed by atoms with Gasteiger partial charge in [0.05, 0.1) is 5.75 Å². The Balaban J connectivity index is 2.07. The topological polar surface area (TPSA) is 97.5 Å². The van der Waals surface area contributed by atoms with Gasteiger partial charge >= 0.3 is 0 Å². The van der Waals surface area contributed by atoms with Crippen molar-refractivity contribution in [3.63, 3.8) is 0 Å². The molecule has 16 heavy (non-hydrogen) atoms. The van der Waals surface area contributed by atoms with Crippen LogP contribution in [-0.2, 0) is 5.75 Å². The summed E-state index contributed by atoms with van der Waals surface area (Å²) in [6.07, 6.45) is 0. The van der Waals surface area contributed by atoms with Crippen LogP contribution in [0.4, 0.5) is 5.13 Å². The molecule has 0 fully saturated rings. The van der Waals surface area contributed by atoms with E-state index in [2.05, 4.69) is 20.2 Å². The van der Waals surface area contributed by atoms with Crippen LogP contribution in [0.2, 0.25) is 0 Å². The van der Waals surface area contributed by atoms with Crippen molar-refractivity contribution >= 4 is 28.2 Å². The molecule has 0 spiro atoms. The van der Waals surface area contributed by atoms with Gasteiger partial charge in [-0.2, -0.15) is 0 Å². The van der Waals surface area contributed by atoms with E-state index in [1.165, 1.54) is 29.2 Å². The maximum Gasteiger partial charge on any atom is 0.251 e. The van der Waals surface area contributed by atoms with Gasteiger partial charge in [-0.3, -0.25) is 4.79 Å². The van der Waals surface area contributed by atoms with Gasteiger partial charge in [0.1, 0.15) is 5.01 Å². The third-order valence-corrected chi connectivity index (χ3v) is 3.48. The Morgan fingerprint density at radius 2 is 2.38 bits per heavy atom. The van der Waals surface area contributed by atoms with Crippen molar-refractivity contribution in [2.45, 2.75) is 17.8 Å². The molecular weight excluding hydrogens is 246 g/mol. The van der Waals surface area contributed by atoms with Crippen LogP contribution in [0.25, 0.3) is 0 Å². The molecule has 6 nitrogen and oxygen atoms in total. The van der Waals surface area contributed by atoms with E-state index in [9.17, 15) is 4.79 Å². The summed E-state index contributed by atoms with van der Waals surface area (Å²) in [6, 6.07) is 1.45. The molecular formula is C8H9N5OS2. The average Bonchev–Trinajstić information content (AvgIpc) is 2.60. The van der Waals surface area contributed by atoms with Crippen LogP contribution in [0.15, 0.2) is 16.0 Å². The van der Waals surface area contributed by atoms with Gasteiger partial charge in [0, 0.05) is 11.8 Å². The predicted molar refractivity (Wildman–Crippen MR) is 63.5 cm³/mol. The fourth-order valence-electron chi connectivity index (χ4n) is 1.07. The number of nitrogens with zero attached hydrogens (tertiary/aromatic N) is 3. The first kappa shape index (κ1) is 11.1. The lowest BCUT2D eigenvalue weighted by Gasteiger charge is -1.98. The zero-order chi connectivity index (χ0) is 11.5. The number of thioether (sulfide) groups is 1. The molecule has 2 rings (SSSR count). The minimum Gasteiger partial charge on any atom is -0.374 e. The molecule has 0 saturated carbocycles. The van der Waals surface area contributed by atoms with E-state index >= 15 is 0 Å². The van der Waals surface area contributed by atoms with Crippen molar-refractivity contribution in [3.8, 4) is 0 Å². The van der Waals surface area contributed by atoms with Crippen molar-refractivity contribution in [1.29, 1.82) is 0 Å². The van der Waals surface area contributed by atoms with Gasteiger partial charge in [-0.05, 0) is 6.92 Å². The first-order valence-corrected chi connectivity index (χ1v) is 6.22. The van der Waals surface area contributed by atoms with Crippen LogP contribution in [0, 0.1) is 6.92 Å². The number of nitrogens with two attached hydrogens (primary N) is 1. The van der Waals surface area contributed by atoms with Gasteiger partial charge in [0.15, 0.2) is 5.16 Å². The second kappa shape index (κ2) is 4.62. The molecule has 0 aliphatic heterocycles. The number of nitrogens with one attached hydrogen (secondary N) is 1.